The molecule has 0 aliphatic heterocycles. The topological polar surface area (TPSA) is 116 Å². The number of aliphatic carboxylic acids is 2. The van der Waals surface area contributed by atoms with Gasteiger partial charge in [0.05, 0.1) is 0 Å². The van der Waals surface area contributed by atoms with Crippen molar-refractivity contribution in [3.63, 3.8) is 0 Å². The lowest BCUT2D eigenvalue weighted by Crippen LogP contribution is -2.43. The Morgan fingerprint density at radius 3 is 2.24 bits per heavy atom. The third-order valence-electron chi connectivity index (χ3n) is 2.87. The number of benzene rings is 1. The second-order valence-electron chi connectivity index (χ2n) is 4.47. The number of amides is 2. The van der Waals surface area contributed by atoms with Crippen LogP contribution < -0.4 is 10.6 Å². The van der Waals surface area contributed by atoms with Gasteiger partial charge < -0.3 is 20.8 Å². The van der Waals surface area contributed by atoms with Crippen molar-refractivity contribution in [2.75, 3.05) is 5.32 Å². The van der Waals surface area contributed by atoms with E-state index in [1.165, 1.54) is 0 Å². The highest BCUT2D eigenvalue weighted by atomic mass is 16.4. The summed E-state index contributed by atoms with van der Waals surface area (Å²) in [6.45, 7) is 2.01. The summed E-state index contributed by atoms with van der Waals surface area (Å²) in [5.74, 6) is -2.38. The van der Waals surface area contributed by atoms with Gasteiger partial charge in [-0.1, -0.05) is 19.1 Å². The van der Waals surface area contributed by atoms with E-state index in [1.807, 2.05) is 19.1 Å². The Labute approximate surface area is 122 Å². The van der Waals surface area contributed by atoms with Crippen molar-refractivity contribution in [3.05, 3.63) is 29.8 Å². The zero-order valence-corrected chi connectivity index (χ0v) is 11.6. The first-order valence-electron chi connectivity index (χ1n) is 6.53. The summed E-state index contributed by atoms with van der Waals surface area (Å²) in [6.07, 6.45) is 0.373. The number of aryl methyl sites for hydroxylation is 1. The Morgan fingerprint density at radius 1 is 1.14 bits per heavy atom. The van der Waals surface area contributed by atoms with Crippen LogP contribution in [0.5, 0.6) is 0 Å². The van der Waals surface area contributed by atoms with Crippen LogP contribution in [-0.4, -0.2) is 34.2 Å². The zero-order valence-electron chi connectivity index (χ0n) is 11.6. The molecule has 7 nitrogen and oxygen atoms in total. The molecule has 0 saturated heterocycles. The SMILES string of the molecule is CCc1ccc(NC(=O)NC(CCC(=O)O)C(=O)O)cc1. The summed E-state index contributed by atoms with van der Waals surface area (Å²) < 4.78 is 0. The predicted octanol–water partition coefficient (Wildman–Crippen LogP) is 1.69. The first-order chi connectivity index (χ1) is 9.92. The number of carbonyl (C=O) groups excluding carboxylic acids is 1. The van der Waals surface area contributed by atoms with Crippen LogP contribution in [0.2, 0.25) is 0 Å². The quantitative estimate of drug-likeness (QED) is 0.610. The van der Waals surface area contributed by atoms with Gasteiger partial charge in [-0.15, -0.1) is 0 Å². The molecule has 1 atom stereocenters. The average molecular weight is 294 g/mol. The molecule has 1 rings (SSSR count). The minimum atomic E-state index is -1.27. The monoisotopic (exact) mass is 294 g/mol. The number of anilines is 1. The molecule has 0 heterocycles. The largest absolute Gasteiger partial charge is 0.481 e. The van der Waals surface area contributed by atoms with E-state index in [-0.39, 0.29) is 12.8 Å². The van der Waals surface area contributed by atoms with Crippen LogP contribution in [0.4, 0.5) is 10.5 Å². The van der Waals surface area contributed by atoms with Crippen LogP contribution in [0, 0.1) is 0 Å². The fraction of sp³-hybridized carbons (Fsp3) is 0.357. The highest BCUT2D eigenvalue weighted by Gasteiger charge is 2.20. The van der Waals surface area contributed by atoms with Gasteiger partial charge in [0.25, 0.3) is 0 Å². The molecule has 1 aromatic carbocycles. The summed E-state index contributed by atoms with van der Waals surface area (Å²) in [5.41, 5.74) is 1.65. The maximum Gasteiger partial charge on any atom is 0.326 e. The smallest absolute Gasteiger partial charge is 0.326 e. The molecule has 1 aromatic rings. The third-order valence-corrected chi connectivity index (χ3v) is 2.87. The second-order valence-corrected chi connectivity index (χ2v) is 4.47. The molecule has 0 aliphatic carbocycles. The summed E-state index contributed by atoms with van der Waals surface area (Å²) in [4.78, 5) is 33.1. The van der Waals surface area contributed by atoms with E-state index in [0.717, 1.165) is 12.0 Å². The number of hydrogen-bond acceptors (Lipinski definition) is 3. The maximum atomic E-state index is 11.7. The number of rotatable bonds is 7. The normalized spacial score (nSPS) is 11.5. The molecule has 0 spiro atoms. The minimum absolute atomic E-state index is 0.174. The number of carbonyl (C=O) groups is 3. The zero-order chi connectivity index (χ0) is 15.8. The van der Waals surface area contributed by atoms with Crippen LogP contribution in [0.3, 0.4) is 0 Å². The summed E-state index contributed by atoms with van der Waals surface area (Å²) in [5, 5.41) is 22.2. The minimum Gasteiger partial charge on any atom is -0.481 e. The van der Waals surface area contributed by atoms with Crippen molar-refractivity contribution in [2.24, 2.45) is 0 Å². The van der Waals surface area contributed by atoms with Crippen molar-refractivity contribution in [1.82, 2.24) is 5.32 Å². The van der Waals surface area contributed by atoms with Gasteiger partial charge in [-0.25, -0.2) is 9.59 Å². The number of carboxylic acid groups (broad SMARTS) is 2. The average Bonchev–Trinajstić information content (AvgIpc) is 2.43. The van der Waals surface area contributed by atoms with E-state index >= 15 is 0 Å². The fourth-order valence-corrected chi connectivity index (χ4v) is 1.67. The molecule has 0 aromatic heterocycles. The number of urea groups is 1. The first-order valence-corrected chi connectivity index (χ1v) is 6.53. The van der Waals surface area contributed by atoms with E-state index < -0.39 is 24.0 Å². The maximum absolute atomic E-state index is 11.7. The molecule has 7 heteroatoms. The van der Waals surface area contributed by atoms with Gasteiger partial charge in [0, 0.05) is 12.1 Å². The molecule has 0 fully saturated rings. The van der Waals surface area contributed by atoms with Crippen LogP contribution in [0.1, 0.15) is 25.3 Å². The lowest BCUT2D eigenvalue weighted by Gasteiger charge is -2.14. The lowest BCUT2D eigenvalue weighted by atomic mass is 10.1. The van der Waals surface area contributed by atoms with Gasteiger partial charge in [-0.05, 0) is 30.5 Å². The molecule has 114 valence electrons. The Bertz CT molecular complexity index is 513. The molecular weight excluding hydrogens is 276 g/mol. The van der Waals surface area contributed by atoms with E-state index in [1.54, 1.807) is 12.1 Å². The Balaban J connectivity index is 2.56. The van der Waals surface area contributed by atoms with E-state index in [4.69, 9.17) is 10.2 Å². The van der Waals surface area contributed by atoms with E-state index in [2.05, 4.69) is 10.6 Å². The third kappa shape index (κ3) is 5.94. The van der Waals surface area contributed by atoms with E-state index in [0.29, 0.717) is 5.69 Å². The lowest BCUT2D eigenvalue weighted by molar-refractivity contribution is -0.140. The van der Waals surface area contributed by atoms with Crippen LogP contribution in [0.25, 0.3) is 0 Å². The fourth-order valence-electron chi connectivity index (χ4n) is 1.67. The second kappa shape index (κ2) is 7.88. The molecule has 1 unspecified atom stereocenters. The highest BCUT2D eigenvalue weighted by molar-refractivity contribution is 5.92. The van der Waals surface area contributed by atoms with Gasteiger partial charge in [0.1, 0.15) is 6.04 Å². The van der Waals surface area contributed by atoms with Crippen molar-refractivity contribution in [1.29, 1.82) is 0 Å². The van der Waals surface area contributed by atoms with Crippen molar-refractivity contribution < 1.29 is 24.6 Å². The van der Waals surface area contributed by atoms with Crippen molar-refractivity contribution in [3.8, 4) is 0 Å². The molecule has 0 aliphatic rings. The number of carboxylic acids is 2. The van der Waals surface area contributed by atoms with Gasteiger partial charge in [0.15, 0.2) is 0 Å². The van der Waals surface area contributed by atoms with Crippen LogP contribution >= 0.6 is 0 Å². The molecule has 21 heavy (non-hydrogen) atoms. The molecule has 4 N–H and O–H groups in total. The van der Waals surface area contributed by atoms with E-state index in [9.17, 15) is 14.4 Å². The summed E-state index contributed by atoms with van der Waals surface area (Å²) in [6, 6.07) is 5.22. The van der Waals surface area contributed by atoms with Crippen LogP contribution in [0.15, 0.2) is 24.3 Å². The van der Waals surface area contributed by atoms with Crippen molar-refractivity contribution in [2.45, 2.75) is 32.2 Å². The Morgan fingerprint density at radius 2 is 1.76 bits per heavy atom. The van der Waals surface area contributed by atoms with Gasteiger partial charge >= 0.3 is 18.0 Å². The van der Waals surface area contributed by atoms with Gasteiger partial charge in [-0.2, -0.15) is 0 Å². The molecule has 0 saturated carbocycles. The van der Waals surface area contributed by atoms with Gasteiger partial charge in [-0.3, -0.25) is 4.79 Å². The predicted molar refractivity (Wildman–Crippen MR) is 76.3 cm³/mol. The summed E-state index contributed by atoms with van der Waals surface area (Å²) >= 11 is 0. The van der Waals surface area contributed by atoms with Gasteiger partial charge in [0.2, 0.25) is 0 Å². The first kappa shape index (κ1) is 16.5. The highest BCUT2D eigenvalue weighted by Crippen LogP contribution is 2.10. The summed E-state index contributed by atoms with van der Waals surface area (Å²) in [7, 11) is 0. The molecule has 0 radical (unpaired) electrons. The number of nitrogens with one attached hydrogen (secondary N) is 2. The molecule has 2 amide bonds. The Kier molecular flexibility index (Phi) is 6.19. The van der Waals surface area contributed by atoms with Crippen LogP contribution in [-0.2, 0) is 16.0 Å². The standard InChI is InChI=1S/C14H18N2O5/c1-2-9-3-5-10(6-4-9)15-14(21)16-11(13(19)20)7-8-12(17)18/h3-6,11H,2,7-8H2,1H3,(H,17,18)(H,19,20)(H2,15,16,21). The number of hydrogen-bond donors (Lipinski definition) is 4. The molecular formula is C14H18N2O5. The van der Waals surface area contributed by atoms with Crippen molar-refractivity contribution >= 4 is 23.7 Å². The molecule has 0 bridgehead atoms. The Hall–Kier alpha value is -2.57.